The predicted octanol–water partition coefficient (Wildman–Crippen LogP) is 2.42. The number of primary amides is 1. The van der Waals surface area contributed by atoms with E-state index in [9.17, 15) is 4.79 Å². The van der Waals surface area contributed by atoms with E-state index in [-0.39, 0.29) is 5.69 Å². The molecule has 0 aliphatic carbocycles. The Hall–Kier alpha value is -3.28. The van der Waals surface area contributed by atoms with Gasteiger partial charge in [-0.3, -0.25) is 9.78 Å². The minimum atomic E-state index is -0.543. The van der Waals surface area contributed by atoms with Gasteiger partial charge in [-0.2, -0.15) is 0 Å². The maximum Gasteiger partial charge on any atom is 0.267 e. The second-order valence-electron chi connectivity index (χ2n) is 5.96. The lowest BCUT2D eigenvalue weighted by Gasteiger charge is -2.27. The molecular weight excluding hydrogens is 314 g/mol. The summed E-state index contributed by atoms with van der Waals surface area (Å²) in [5.74, 6) is 0.175. The van der Waals surface area contributed by atoms with Gasteiger partial charge in [0.15, 0.2) is 0 Å². The Kier molecular flexibility index (Phi) is 3.85. The molecule has 1 amide bonds. The Bertz CT molecular complexity index is 977. The highest BCUT2D eigenvalue weighted by Gasteiger charge is 2.17. The quantitative estimate of drug-likeness (QED) is 0.796. The van der Waals surface area contributed by atoms with Crippen LogP contribution in [-0.2, 0) is 0 Å². The van der Waals surface area contributed by atoms with E-state index >= 15 is 0 Å². The topological polar surface area (TPSA) is 85.0 Å². The molecule has 0 saturated heterocycles. The van der Waals surface area contributed by atoms with Crippen LogP contribution in [0.5, 0.6) is 0 Å². The Morgan fingerprint density at radius 2 is 2.04 bits per heavy atom. The molecular formula is C19H17N5O. The van der Waals surface area contributed by atoms with Gasteiger partial charge in [0.1, 0.15) is 17.8 Å². The van der Waals surface area contributed by atoms with Gasteiger partial charge in [-0.05, 0) is 17.4 Å². The van der Waals surface area contributed by atoms with Crippen molar-refractivity contribution in [3.05, 3.63) is 66.4 Å². The fourth-order valence-corrected chi connectivity index (χ4v) is 3.15. The summed E-state index contributed by atoms with van der Waals surface area (Å²) in [7, 11) is 0. The smallest absolute Gasteiger partial charge is 0.267 e. The molecule has 0 spiro atoms. The Morgan fingerprint density at radius 1 is 1.16 bits per heavy atom. The molecule has 1 aliphatic rings. The van der Waals surface area contributed by atoms with Gasteiger partial charge in [-0.25, -0.2) is 9.97 Å². The number of amides is 1. The molecule has 2 aromatic heterocycles. The SMILES string of the molecule is NC(=O)c1cc(N2CC=C(c3cncc4ccccc34)CC2)ncn1. The normalized spacial score (nSPS) is 14.4. The second kappa shape index (κ2) is 6.32. The predicted molar refractivity (Wildman–Crippen MR) is 97.1 cm³/mol. The molecule has 6 nitrogen and oxygen atoms in total. The minimum Gasteiger partial charge on any atom is -0.364 e. The summed E-state index contributed by atoms with van der Waals surface area (Å²) >= 11 is 0. The molecule has 25 heavy (non-hydrogen) atoms. The first-order valence-corrected chi connectivity index (χ1v) is 8.11. The summed E-state index contributed by atoms with van der Waals surface area (Å²) in [6, 6.07) is 9.92. The third-order valence-corrected chi connectivity index (χ3v) is 4.45. The summed E-state index contributed by atoms with van der Waals surface area (Å²) in [4.78, 5) is 25.9. The van der Waals surface area contributed by atoms with Gasteiger partial charge in [-0.1, -0.05) is 30.3 Å². The molecule has 0 radical (unpaired) electrons. The molecule has 0 fully saturated rings. The van der Waals surface area contributed by atoms with Crippen molar-refractivity contribution in [2.75, 3.05) is 18.0 Å². The highest BCUT2D eigenvalue weighted by atomic mass is 16.1. The first kappa shape index (κ1) is 15.3. The second-order valence-corrected chi connectivity index (χ2v) is 5.96. The van der Waals surface area contributed by atoms with Gasteiger partial charge in [-0.15, -0.1) is 0 Å². The number of nitrogens with two attached hydrogens (primary N) is 1. The molecule has 0 unspecified atom stereocenters. The number of benzene rings is 1. The van der Waals surface area contributed by atoms with E-state index < -0.39 is 5.91 Å². The third kappa shape index (κ3) is 2.94. The molecule has 6 heteroatoms. The first-order valence-electron chi connectivity index (χ1n) is 8.11. The van der Waals surface area contributed by atoms with Gasteiger partial charge < -0.3 is 10.6 Å². The molecule has 3 aromatic rings. The van der Waals surface area contributed by atoms with Crippen LogP contribution >= 0.6 is 0 Å². The fourth-order valence-electron chi connectivity index (χ4n) is 3.15. The number of rotatable bonds is 3. The number of fused-ring (bicyclic) bond motifs is 1. The number of carbonyl (C=O) groups is 1. The van der Waals surface area contributed by atoms with Crippen molar-refractivity contribution < 1.29 is 4.79 Å². The largest absolute Gasteiger partial charge is 0.364 e. The van der Waals surface area contributed by atoms with Gasteiger partial charge in [0.2, 0.25) is 0 Å². The van der Waals surface area contributed by atoms with Crippen LogP contribution < -0.4 is 10.6 Å². The zero-order valence-electron chi connectivity index (χ0n) is 13.6. The molecule has 4 rings (SSSR count). The summed E-state index contributed by atoms with van der Waals surface area (Å²) < 4.78 is 0. The van der Waals surface area contributed by atoms with Crippen molar-refractivity contribution in [2.45, 2.75) is 6.42 Å². The zero-order chi connectivity index (χ0) is 17.2. The van der Waals surface area contributed by atoms with Crippen LogP contribution in [0.15, 0.2) is 55.1 Å². The maximum absolute atomic E-state index is 11.3. The Morgan fingerprint density at radius 3 is 2.84 bits per heavy atom. The molecule has 1 aromatic carbocycles. The fraction of sp³-hybridized carbons (Fsp3) is 0.158. The van der Waals surface area contributed by atoms with Crippen molar-refractivity contribution in [1.29, 1.82) is 0 Å². The van der Waals surface area contributed by atoms with E-state index in [1.54, 1.807) is 6.07 Å². The van der Waals surface area contributed by atoms with E-state index in [1.807, 2.05) is 24.5 Å². The molecule has 3 heterocycles. The van der Waals surface area contributed by atoms with Crippen LogP contribution in [0.1, 0.15) is 22.5 Å². The number of carbonyl (C=O) groups excluding carboxylic acids is 1. The van der Waals surface area contributed by atoms with Crippen molar-refractivity contribution in [1.82, 2.24) is 15.0 Å². The van der Waals surface area contributed by atoms with Crippen molar-refractivity contribution in [3.8, 4) is 0 Å². The standard InChI is InChI=1S/C19H17N5O/c20-19(25)17-9-18(23-12-22-17)24-7-5-13(6-8-24)16-11-21-10-14-3-1-2-4-15(14)16/h1-5,9-12H,6-8H2,(H2,20,25). The number of hydrogen-bond donors (Lipinski definition) is 1. The summed E-state index contributed by atoms with van der Waals surface area (Å²) in [5.41, 5.74) is 7.99. The van der Waals surface area contributed by atoms with Gasteiger partial charge in [0.25, 0.3) is 5.91 Å². The first-order chi connectivity index (χ1) is 12.2. The van der Waals surface area contributed by atoms with Crippen molar-refractivity contribution in [2.24, 2.45) is 5.73 Å². The average molecular weight is 331 g/mol. The molecule has 1 aliphatic heterocycles. The van der Waals surface area contributed by atoms with Crippen LogP contribution in [0, 0.1) is 0 Å². The van der Waals surface area contributed by atoms with Crippen LogP contribution in [-0.4, -0.2) is 33.9 Å². The lowest BCUT2D eigenvalue weighted by Crippen LogP contribution is -2.29. The summed E-state index contributed by atoms with van der Waals surface area (Å²) in [5, 5.41) is 2.36. The Labute approximate surface area is 145 Å². The van der Waals surface area contributed by atoms with E-state index in [2.05, 4.69) is 38.1 Å². The monoisotopic (exact) mass is 331 g/mol. The van der Waals surface area contributed by atoms with Gasteiger partial charge in [0.05, 0.1) is 0 Å². The number of nitrogens with zero attached hydrogens (tertiary/aromatic N) is 4. The van der Waals surface area contributed by atoms with E-state index in [1.165, 1.54) is 22.9 Å². The maximum atomic E-state index is 11.3. The zero-order valence-corrected chi connectivity index (χ0v) is 13.6. The number of aromatic nitrogens is 3. The van der Waals surface area contributed by atoms with Gasteiger partial charge in [0, 0.05) is 42.5 Å². The highest BCUT2D eigenvalue weighted by Crippen LogP contribution is 2.29. The molecule has 0 atom stereocenters. The lowest BCUT2D eigenvalue weighted by molar-refractivity contribution is 0.0995. The Balaban J connectivity index is 1.62. The third-order valence-electron chi connectivity index (χ3n) is 4.45. The minimum absolute atomic E-state index is 0.234. The molecule has 124 valence electrons. The van der Waals surface area contributed by atoms with Crippen molar-refractivity contribution >= 4 is 28.1 Å². The van der Waals surface area contributed by atoms with Crippen LogP contribution in [0.4, 0.5) is 5.82 Å². The van der Waals surface area contributed by atoms with E-state index in [0.717, 1.165) is 24.2 Å². The molecule has 2 N–H and O–H groups in total. The summed E-state index contributed by atoms with van der Waals surface area (Å²) in [6.45, 7) is 1.53. The van der Waals surface area contributed by atoms with Crippen LogP contribution in [0.2, 0.25) is 0 Å². The highest BCUT2D eigenvalue weighted by molar-refractivity contribution is 5.93. The number of anilines is 1. The lowest BCUT2D eigenvalue weighted by atomic mass is 9.96. The van der Waals surface area contributed by atoms with E-state index in [4.69, 9.17) is 5.73 Å². The molecule has 0 bridgehead atoms. The van der Waals surface area contributed by atoms with Crippen molar-refractivity contribution in [3.63, 3.8) is 0 Å². The van der Waals surface area contributed by atoms with Crippen LogP contribution in [0.3, 0.4) is 0 Å². The van der Waals surface area contributed by atoms with E-state index in [0.29, 0.717) is 6.54 Å². The van der Waals surface area contributed by atoms with Crippen LogP contribution in [0.25, 0.3) is 16.3 Å². The summed E-state index contributed by atoms with van der Waals surface area (Å²) in [6.07, 6.45) is 8.27. The number of hydrogen-bond acceptors (Lipinski definition) is 5. The average Bonchev–Trinajstić information content (AvgIpc) is 2.68. The molecule has 0 saturated carbocycles. The van der Waals surface area contributed by atoms with Gasteiger partial charge >= 0.3 is 0 Å². The number of pyridine rings is 1.